The van der Waals surface area contributed by atoms with Crippen LogP contribution in [0, 0.1) is 0 Å². The molecule has 78 heavy (non-hydrogen) atoms. The molecular formula is C52H189N9O17. The summed E-state index contributed by atoms with van der Waals surface area (Å²) in [5, 5.41) is 105. The molecule has 0 radical (unpaired) electrons. The molecule has 0 aliphatic heterocycles. The van der Waals surface area contributed by atoms with E-state index in [4.69, 9.17) is 66.4 Å². The summed E-state index contributed by atoms with van der Waals surface area (Å²) < 4.78 is 17.0. The molecule has 544 valence electrons. The van der Waals surface area contributed by atoms with Gasteiger partial charge in [-0.2, -0.15) is 0 Å². The molecular weight excluding hydrogens is 1020 g/mol. The second-order valence-corrected chi connectivity index (χ2v) is 5.45. The summed E-state index contributed by atoms with van der Waals surface area (Å²) in [6.07, 6.45) is -0.426. The lowest BCUT2D eigenvalue weighted by atomic mass is 10.4. The molecule has 0 fully saturated rings. The summed E-state index contributed by atoms with van der Waals surface area (Å²) in [6, 6.07) is 0. The van der Waals surface area contributed by atoms with Crippen molar-refractivity contribution in [3.63, 3.8) is 0 Å². The number of nitrogens with two attached hydrogens (primary N) is 5. The van der Waals surface area contributed by atoms with Crippen LogP contribution in [-0.2, 0) is 18.9 Å². The first-order valence-corrected chi connectivity index (χ1v) is 19.3. The van der Waals surface area contributed by atoms with Gasteiger partial charge < -0.3 is 135 Å². The maximum atomic E-state index is 8.49. The molecule has 0 aliphatic carbocycles. The van der Waals surface area contributed by atoms with E-state index in [0.29, 0.717) is 13.1 Å². The highest BCUT2D eigenvalue weighted by molar-refractivity contribution is 4.45. The van der Waals surface area contributed by atoms with Crippen molar-refractivity contribution >= 4 is 0 Å². The van der Waals surface area contributed by atoms with Gasteiger partial charge in [-0.25, -0.2) is 0 Å². The number of aliphatic hydroxyl groups excluding tert-OH is 13. The topological polar surface area (TPSA) is 478 Å². The van der Waals surface area contributed by atoms with Crippen molar-refractivity contribution < 1.29 is 85.3 Å². The van der Waals surface area contributed by atoms with E-state index < -0.39 is 0 Å². The minimum Gasteiger partial charge on any atom is -0.400 e. The number of aliphatic hydroxyl groups is 13. The summed E-state index contributed by atoms with van der Waals surface area (Å²) in [5.41, 5.74) is 22.5. The number of methoxy groups -OCH3 is 4. The van der Waals surface area contributed by atoms with Crippen LogP contribution in [0.25, 0.3) is 0 Å². The first-order chi connectivity index (χ1) is 32.0. The van der Waals surface area contributed by atoms with E-state index >= 15 is 0 Å². The zero-order valence-corrected chi connectivity index (χ0v) is 50.9. The Morgan fingerprint density at radius 3 is 0.295 bits per heavy atom. The lowest BCUT2D eigenvalue weighted by Crippen LogP contribution is -2.19. The molecule has 0 bridgehead atoms. The molecule has 0 aromatic carbocycles. The summed E-state index contributed by atoms with van der Waals surface area (Å²) in [6.45, 7) is 12.9. The third-order valence-corrected chi connectivity index (χ3v) is 0.999. The molecule has 0 saturated heterocycles. The first kappa shape index (κ1) is 293. The highest BCUT2D eigenvalue weighted by Crippen LogP contribution is 1.70. The molecule has 0 aliphatic rings. The van der Waals surface area contributed by atoms with Gasteiger partial charge in [-0.15, -0.1) is 0 Å². The van der Waals surface area contributed by atoms with Gasteiger partial charge in [0.2, 0.25) is 0 Å². The molecule has 0 spiro atoms. The molecule has 0 heterocycles. The molecule has 26 nitrogen and oxygen atoms in total. The zero-order chi connectivity index (χ0) is 62.2. The molecule has 2 unspecified atom stereocenters. The maximum absolute atomic E-state index is 8.49. The zero-order valence-electron chi connectivity index (χ0n) is 50.9. The van der Waals surface area contributed by atoms with Gasteiger partial charge in [0.15, 0.2) is 0 Å². The van der Waals surface area contributed by atoms with Crippen LogP contribution in [0.2, 0.25) is 0 Å². The van der Waals surface area contributed by atoms with Gasteiger partial charge in [0, 0.05) is 148 Å². The van der Waals surface area contributed by atoms with Gasteiger partial charge in [-0.05, 0) is 91.4 Å². The van der Waals surface area contributed by atoms with E-state index in [1.54, 1.807) is 70.7 Å². The van der Waals surface area contributed by atoms with Crippen molar-refractivity contribution in [3.05, 3.63) is 0 Å². The molecule has 2 atom stereocenters. The van der Waals surface area contributed by atoms with Crippen LogP contribution in [0.4, 0.5) is 0 Å². The quantitative estimate of drug-likeness (QED) is 0.192. The summed E-state index contributed by atoms with van der Waals surface area (Å²) in [4.78, 5) is 0. The summed E-state index contributed by atoms with van der Waals surface area (Å²) >= 11 is 0. The number of rotatable bonds is 4. The van der Waals surface area contributed by atoms with Gasteiger partial charge in [-0.3, -0.25) is 0 Å². The Kier molecular flexibility index (Phi) is 7150. The number of ether oxygens (including phenoxy) is 4. The fraction of sp³-hybridized carbons (Fsp3) is 1.00. The fourth-order valence-corrected chi connectivity index (χ4v) is 0.591. The van der Waals surface area contributed by atoms with E-state index in [0.717, 1.165) is 78.2 Å². The smallest absolute Gasteiger partial charge is 0.0636 e. The van der Waals surface area contributed by atoms with Crippen molar-refractivity contribution in [1.82, 2.24) is 21.3 Å². The SMILES string of the molecule is C.C.C.C.C.C.C.C.C.C.C.C.CC.CC.CN.CN.CN.CN.CN.CNC.CNC.CNCC(C)O.CNCC(C)O.CO.CO.CO.CO.CO.CO.CO.CO.CO.CO.CO.COC.COC.COC.COC. The Morgan fingerprint density at radius 1 is 0.256 bits per heavy atom. The van der Waals surface area contributed by atoms with Crippen LogP contribution < -0.4 is 49.9 Å². The summed E-state index contributed by atoms with van der Waals surface area (Å²) in [7, 11) is 42.6. The van der Waals surface area contributed by atoms with E-state index in [2.05, 4.69) is 68.9 Å². The molecule has 27 N–H and O–H groups in total. The van der Waals surface area contributed by atoms with Crippen molar-refractivity contribution in [2.75, 3.05) is 226 Å². The number of nitrogens with one attached hydrogen (secondary N) is 4. The standard InChI is InChI=1S/2C4H11NO.2C2H7N.4C2H6O.2C2H6.5CH5N.11CH4O.12CH4/c2*1-4(6)3-5-2;6*1-3-2;18*1-2;;;;;;;;;;;;/h2*4-6H,3H2,1-2H3;2*3H,1-2H3;4*1-2H3;2*1-2H3;5*2H2,1H3;11*2H,1H3;12*1H4. The van der Waals surface area contributed by atoms with Crippen LogP contribution in [-0.4, -0.2) is 304 Å². The predicted molar refractivity (Wildman–Crippen MR) is 377 cm³/mol. The normalized spacial score (nSPS) is 5.00. The largest absolute Gasteiger partial charge is 0.400 e. The summed E-state index contributed by atoms with van der Waals surface area (Å²) in [5.74, 6) is 0. The molecule has 26 heteroatoms. The van der Waals surface area contributed by atoms with Gasteiger partial charge >= 0.3 is 0 Å². The fourth-order valence-electron chi connectivity index (χ4n) is 0.591. The first-order valence-electron chi connectivity index (χ1n) is 19.3. The number of hydrogen-bond acceptors (Lipinski definition) is 26. The van der Waals surface area contributed by atoms with Gasteiger partial charge in [0.25, 0.3) is 0 Å². The Bertz CT molecular complexity index is 194. The van der Waals surface area contributed by atoms with E-state index in [1.807, 2.05) is 70.0 Å². The van der Waals surface area contributed by atoms with Crippen LogP contribution in [0.5, 0.6) is 0 Å². The second kappa shape index (κ2) is 1910. The van der Waals surface area contributed by atoms with Gasteiger partial charge in [-0.1, -0.05) is 117 Å². The van der Waals surface area contributed by atoms with Gasteiger partial charge in [0.05, 0.1) is 12.2 Å². The Morgan fingerprint density at radius 2 is 0.295 bits per heavy atom. The third kappa shape index (κ3) is 16700. The third-order valence-electron chi connectivity index (χ3n) is 0.999. The minimum absolute atomic E-state index is 0. The highest BCUT2D eigenvalue weighted by Gasteiger charge is 1.86. The predicted octanol–water partition coefficient (Wildman–Crippen LogP) is 3.15. The Balaban J connectivity index is -0.00000000595. The lowest BCUT2D eigenvalue weighted by Gasteiger charge is -1.97. The Labute approximate surface area is 502 Å². The van der Waals surface area contributed by atoms with Crippen molar-refractivity contribution in [2.24, 2.45) is 28.7 Å². The van der Waals surface area contributed by atoms with E-state index in [1.165, 1.54) is 35.2 Å². The van der Waals surface area contributed by atoms with Crippen LogP contribution >= 0.6 is 0 Å². The molecule has 0 amide bonds. The highest BCUT2D eigenvalue weighted by atomic mass is 16.5. The lowest BCUT2D eigenvalue weighted by molar-refractivity contribution is 0.194. The average Bonchev–Trinajstić information content (AvgIpc) is 3.41. The maximum Gasteiger partial charge on any atom is 0.0636 e. The van der Waals surface area contributed by atoms with Crippen molar-refractivity contribution in [3.8, 4) is 0 Å². The number of likely N-dealkylation sites (N-methyl/N-ethyl adjacent to an activating group) is 2. The molecule has 0 aromatic rings. The monoisotopic (exact) mass is 1210 g/mol. The molecule has 0 aromatic heterocycles. The minimum atomic E-state index is -0.213. The molecule has 0 rings (SSSR count). The van der Waals surface area contributed by atoms with E-state index in [-0.39, 0.29) is 101 Å². The van der Waals surface area contributed by atoms with E-state index in [9.17, 15) is 0 Å². The second-order valence-electron chi connectivity index (χ2n) is 5.45. The average molecular weight is 1210 g/mol. The van der Waals surface area contributed by atoms with Crippen LogP contribution in [0.1, 0.15) is 131 Å². The van der Waals surface area contributed by atoms with Gasteiger partial charge in [0.1, 0.15) is 0 Å². The Hall–Kier alpha value is -1.04. The van der Waals surface area contributed by atoms with Crippen molar-refractivity contribution in [1.29, 1.82) is 0 Å². The van der Waals surface area contributed by atoms with Crippen molar-refractivity contribution in [2.45, 2.75) is 143 Å². The molecule has 0 saturated carbocycles. The number of hydrogen-bond donors (Lipinski definition) is 22. The van der Waals surface area contributed by atoms with Crippen LogP contribution in [0.15, 0.2) is 0 Å². The van der Waals surface area contributed by atoms with Crippen LogP contribution in [0.3, 0.4) is 0 Å².